The third kappa shape index (κ3) is 19.4. The molecule has 27 heavy (non-hydrogen) atoms. The van der Waals surface area contributed by atoms with Crippen LogP contribution in [0.2, 0.25) is 0 Å². The van der Waals surface area contributed by atoms with Gasteiger partial charge in [0.2, 0.25) is 5.91 Å². The second-order valence-electron chi connectivity index (χ2n) is 8.60. The molecule has 0 aliphatic rings. The second kappa shape index (κ2) is 15.9. The Labute approximate surface area is 166 Å². The van der Waals surface area contributed by atoms with Crippen LogP contribution in [-0.2, 0) is 14.4 Å². The van der Waals surface area contributed by atoms with Crippen LogP contribution < -0.4 is 10.6 Å². The van der Waals surface area contributed by atoms with E-state index < -0.39 is 12.1 Å². The van der Waals surface area contributed by atoms with Crippen LogP contribution in [-0.4, -0.2) is 50.2 Å². The molecule has 0 aromatic rings. The lowest BCUT2D eigenvalue weighted by atomic mass is 10.1. The molecule has 0 saturated carbocycles. The van der Waals surface area contributed by atoms with E-state index in [1.54, 1.807) is 0 Å². The van der Waals surface area contributed by atoms with Gasteiger partial charge in [0.05, 0.1) is 21.1 Å². The number of aliphatic carboxylic acids is 1. The summed E-state index contributed by atoms with van der Waals surface area (Å²) in [5.41, 5.74) is 2.41. The lowest BCUT2D eigenvalue weighted by molar-refractivity contribution is -0.873. The molecule has 0 bridgehead atoms. The van der Waals surface area contributed by atoms with E-state index in [0.29, 0.717) is 17.4 Å². The van der Waals surface area contributed by atoms with Crippen molar-refractivity contribution in [1.82, 2.24) is 5.48 Å². The summed E-state index contributed by atoms with van der Waals surface area (Å²) in [5, 5.41) is 10.8. The summed E-state index contributed by atoms with van der Waals surface area (Å²) in [7, 11) is 5.83. The molecule has 0 fully saturated rings. The first kappa shape index (κ1) is 25.9. The number of carbonyl (C=O) groups excluding carboxylic acids is 2. The lowest BCUT2D eigenvalue weighted by Crippen LogP contribution is -2.46. The van der Waals surface area contributed by atoms with Gasteiger partial charge in [0, 0.05) is 18.8 Å². The SMILES string of the molecule is CCCCCCCCCCCCCC(=O)NOC(CC(=O)[O-])C[N+](C)(C)C. The van der Waals surface area contributed by atoms with Gasteiger partial charge in [-0.25, -0.2) is 5.48 Å². The smallest absolute Gasteiger partial charge is 0.243 e. The minimum absolute atomic E-state index is 0.185. The zero-order chi connectivity index (χ0) is 20.5. The molecule has 1 atom stereocenters. The monoisotopic (exact) mass is 386 g/mol. The Kier molecular flexibility index (Phi) is 15.2. The van der Waals surface area contributed by atoms with E-state index in [9.17, 15) is 14.7 Å². The minimum atomic E-state index is -1.17. The van der Waals surface area contributed by atoms with Gasteiger partial charge in [-0.05, 0) is 6.42 Å². The van der Waals surface area contributed by atoms with Gasteiger partial charge >= 0.3 is 0 Å². The molecule has 1 amide bonds. The quantitative estimate of drug-likeness (QED) is 0.223. The van der Waals surface area contributed by atoms with Crippen LogP contribution >= 0.6 is 0 Å². The second-order valence-corrected chi connectivity index (χ2v) is 8.60. The predicted molar refractivity (Wildman–Crippen MR) is 107 cm³/mol. The van der Waals surface area contributed by atoms with Crippen molar-refractivity contribution in [3.05, 3.63) is 0 Å². The van der Waals surface area contributed by atoms with E-state index in [2.05, 4.69) is 12.4 Å². The van der Waals surface area contributed by atoms with Gasteiger partial charge in [0.25, 0.3) is 0 Å². The Balaban J connectivity index is 3.67. The molecule has 0 saturated heterocycles. The Hall–Kier alpha value is -1.14. The van der Waals surface area contributed by atoms with Crippen molar-refractivity contribution in [3.63, 3.8) is 0 Å². The molecule has 0 aliphatic heterocycles. The maximum absolute atomic E-state index is 11.9. The van der Waals surface area contributed by atoms with Crippen LogP contribution in [0.15, 0.2) is 0 Å². The van der Waals surface area contributed by atoms with Crippen LogP contribution in [0, 0.1) is 0 Å². The molecular weight excluding hydrogens is 344 g/mol. The van der Waals surface area contributed by atoms with E-state index in [1.165, 1.54) is 51.4 Å². The molecule has 1 unspecified atom stereocenters. The Morgan fingerprint density at radius 2 is 1.37 bits per heavy atom. The highest BCUT2D eigenvalue weighted by atomic mass is 16.7. The van der Waals surface area contributed by atoms with Crippen molar-refractivity contribution < 1.29 is 24.0 Å². The van der Waals surface area contributed by atoms with Gasteiger partial charge in [-0.3, -0.25) is 9.63 Å². The van der Waals surface area contributed by atoms with E-state index in [1.807, 2.05) is 21.1 Å². The zero-order valence-corrected chi connectivity index (χ0v) is 18.1. The van der Waals surface area contributed by atoms with Crippen LogP contribution in [0.5, 0.6) is 0 Å². The first-order valence-electron chi connectivity index (χ1n) is 10.7. The number of amides is 1. The summed E-state index contributed by atoms with van der Waals surface area (Å²) in [6, 6.07) is 0. The highest BCUT2D eigenvalue weighted by Crippen LogP contribution is 2.12. The van der Waals surface area contributed by atoms with Gasteiger partial charge in [0.1, 0.15) is 12.6 Å². The number of likely N-dealkylation sites (N-methyl/N-ethyl adjacent to an activating group) is 1. The highest BCUT2D eigenvalue weighted by Gasteiger charge is 2.20. The number of carbonyl (C=O) groups is 2. The summed E-state index contributed by atoms with van der Waals surface area (Å²) >= 11 is 0. The summed E-state index contributed by atoms with van der Waals surface area (Å²) < 4.78 is 0.548. The average Bonchev–Trinajstić information content (AvgIpc) is 2.55. The van der Waals surface area contributed by atoms with Crippen molar-refractivity contribution in [3.8, 4) is 0 Å². The van der Waals surface area contributed by atoms with E-state index >= 15 is 0 Å². The van der Waals surface area contributed by atoms with Gasteiger partial charge in [-0.1, -0.05) is 71.1 Å². The molecule has 0 rings (SSSR count). The third-order valence-corrected chi connectivity index (χ3v) is 4.49. The molecule has 0 aromatic carbocycles. The molecule has 160 valence electrons. The van der Waals surface area contributed by atoms with Crippen molar-refractivity contribution in [2.75, 3.05) is 27.7 Å². The van der Waals surface area contributed by atoms with Gasteiger partial charge in [-0.15, -0.1) is 0 Å². The van der Waals surface area contributed by atoms with E-state index in [4.69, 9.17) is 4.84 Å². The summed E-state index contributed by atoms with van der Waals surface area (Å²) in [6.07, 6.45) is 13.2. The van der Waals surface area contributed by atoms with Crippen molar-refractivity contribution in [1.29, 1.82) is 0 Å². The van der Waals surface area contributed by atoms with Crippen LogP contribution in [0.1, 0.15) is 90.4 Å². The molecule has 0 aromatic heterocycles. The number of nitrogens with zero attached hydrogens (tertiary/aromatic N) is 1. The molecular formula is C21H42N2O4. The zero-order valence-electron chi connectivity index (χ0n) is 18.1. The Bertz CT molecular complexity index is 394. The number of hydrogen-bond donors (Lipinski definition) is 1. The Morgan fingerprint density at radius 3 is 1.81 bits per heavy atom. The standard InChI is InChI=1S/C21H42N2O4/c1-5-6-7-8-9-10-11-12-13-14-15-16-20(24)22-27-19(17-21(25)26)18-23(2,3)4/h19H,5-18H2,1-4H3,(H-,22,24,25,26). The topological polar surface area (TPSA) is 78.5 Å². The first-order valence-corrected chi connectivity index (χ1v) is 10.7. The molecule has 0 spiro atoms. The maximum atomic E-state index is 11.9. The van der Waals surface area contributed by atoms with Crippen LogP contribution in [0.3, 0.4) is 0 Å². The maximum Gasteiger partial charge on any atom is 0.243 e. The number of unbranched alkanes of at least 4 members (excludes halogenated alkanes) is 10. The largest absolute Gasteiger partial charge is 0.550 e. The van der Waals surface area contributed by atoms with Crippen LogP contribution in [0.4, 0.5) is 0 Å². The average molecular weight is 387 g/mol. The number of carboxylic acids is 1. The summed E-state index contributed by atoms with van der Waals surface area (Å²) in [5.74, 6) is -1.36. The van der Waals surface area contributed by atoms with Gasteiger partial charge in [-0.2, -0.15) is 0 Å². The van der Waals surface area contributed by atoms with E-state index in [0.717, 1.165) is 19.3 Å². The van der Waals surface area contributed by atoms with Crippen LogP contribution in [0.25, 0.3) is 0 Å². The fourth-order valence-electron chi connectivity index (χ4n) is 3.09. The highest BCUT2D eigenvalue weighted by molar-refractivity contribution is 5.74. The number of carboxylic acid groups (broad SMARTS) is 1. The molecule has 0 heterocycles. The molecule has 0 radical (unpaired) electrons. The molecule has 0 aliphatic carbocycles. The molecule has 6 nitrogen and oxygen atoms in total. The van der Waals surface area contributed by atoms with Gasteiger partial charge < -0.3 is 14.4 Å². The first-order chi connectivity index (χ1) is 12.7. The van der Waals surface area contributed by atoms with Crippen molar-refractivity contribution >= 4 is 11.9 Å². The fraction of sp³-hybridized carbons (Fsp3) is 0.905. The number of nitrogens with one attached hydrogen (secondary N) is 1. The fourth-order valence-corrected chi connectivity index (χ4v) is 3.09. The Morgan fingerprint density at radius 1 is 0.889 bits per heavy atom. The number of rotatable bonds is 18. The third-order valence-electron chi connectivity index (χ3n) is 4.49. The normalized spacial score (nSPS) is 12.7. The molecule has 1 N–H and O–H groups in total. The van der Waals surface area contributed by atoms with Crippen molar-refractivity contribution in [2.45, 2.75) is 96.5 Å². The van der Waals surface area contributed by atoms with E-state index in [-0.39, 0.29) is 12.3 Å². The number of hydroxylamine groups is 1. The number of hydrogen-bond acceptors (Lipinski definition) is 4. The van der Waals surface area contributed by atoms with Gasteiger partial charge in [0.15, 0.2) is 0 Å². The minimum Gasteiger partial charge on any atom is -0.550 e. The molecule has 6 heteroatoms. The van der Waals surface area contributed by atoms with Crippen molar-refractivity contribution in [2.24, 2.45) is 0 Å². The predicted octanol–water partition coefficient (Wildman–Crippen LogP) is 2.95. The summed E-state index contributed by atoms with van der Waals surface area (Å²) in [4.78, 5) is 28.0. The number of quaternary nitrogens is 1. The summed E-state index contributed by atoms with van der Waals surface area (Å²) in [6.45, 7) is 2.72. The lowest BCUT2D eigenvalue weighted by Gasteiger charge is -2.29.